The van der Waals surface area contributed by atoms with Crippen LogP contribution in [-0.2, 0) is 6.42 Å². The van der Waals surface area contributed by atoms with E-state index in [1.165, 1.54) is 0 Å². The summed E-state index contributed by atoms with van der Waals surface area (Å²) in [5.41, 5.74) is 1.61. The maximum atomic E-state index is 12.6. The van der Waals surface area contributed by atoms with Crippen LogP contribution in [0.15, 0.2) is 54.9 Å². The number of aromatic nitrogens is 2. The quantitative estimate of drug-likeness (QED) is 0.487. The Morgan fingerprint density at radius 1 is 1.00 bits per heavy atom. The number of nitrogens with one attached hydrogen (secondary N) is 1. The first-order valence-corrected chi connectivity index (χ1v) is 11.9. The lowest BCUT2D eigenvalue weighted by Gasteiger charge is -2.31. The summed E-state index contributed by atoms with van der Waals surface area (Å²) in [6.07, 6.45) is 6.26. The van der Waals surface area contributed by atoms with Gasteiger partial charge in [-0.05, 0) is 67.1 Å². The minimum atomic E-state index is -0.139. The van der Waals surface area contributed by atoms with E-state index in [2.05, 4.69) is 27.1 Å². The van der Waals surface area contributed by atoms with Crippen LogP contribution in [0.1, 0.15) is 35.7 Å². The number of anilines is 1. The third kappa shape index (κ3) is 6.20. The average Bonchev–Trinajstić information content (AvgIpc) is 2.90. The molecule has 35 heavy (non-hydrogen) atoms. The summed E-state index contributed by atoms with van der Waals surface area (Å²) in [6.45, 7) is 4.67. The van der Waals surface area contributed by atoms with Gasteiger partial charge in [-0.2, -0.15) is 0 Å². The molecule has 8 heteroatoms. The first-order valence-electron chi connectivity index (χ1n) is 11.9. The molecule has 2 heterocycles. The number of rotatable bonds is 9. The lowest BCUT2D eigenvalue weighted by Crippen LogP contribution is -2.33. The highest BCUT2D eigenvalue weighted by molar-refractivity contribution is 5.94. The summed E-state index contributed by atoms with van der Waals surface area (Å²) in [5, 5.41) is 2.96. The van der Waals surface area contributed by atoms with Crippen LogP contribution in [0, 0.1) is 5.92 Å². The van der Waals surface area contributed by atoms with E-state index < -0.39 is 0 Å². The molecule has 2 aromatic carbocycles. The molecule has 0 saturated carbocycles. The normalized spacial score (nSPS) is 13.9. The van der Waals surface area contributed by atoms with E-state index in [4.69, 9.17) is 14.2 Å². The van der Waals surface area contributed by atoms with Crippen LogP contribution < -0.4 is 24.4 Å². The van der Waals surface area contributed by atoms with Crippen molar-refractivity contribution in [1.29, 1.82) is 0 Å². The van der Waals surface area contributed by atoms with E-state index in [9.17, 15) is 4.79 Å². The number of methoxy groups -OCH3 is 2. The van der Waals surface area contributed by atoms with E-state index in [0.717, 1.165) is 43.2 Å². The summed E-state index contributed by atoms with van der Waals surface area (Å²) in [5.74, 6) is 3.80. The van der Waals surface area contributed by atoms with Crippen molar-refractivity contribution in [3.63, 3.8) is 0 Å². The monoisotopic (exact) mass is 476 g/mol. The Morgan fingerprint density at radius 2 is 1.71 bits per heavy atom. The van der Waals surface area contributed by atoms with E-state index >= 15 is 0 Å². The van der Waals surface area contributed by atoms with Crippen LogP contribution in [0.4, 0.5) is 5.82 Å². The fourth-order valence-electron chi connectivity index (χ4n) is 4.07. The highest BCUT2D eigenvalue weighted by Gasteiger charge is 2.21. The third-order valence-electron chi connectivity index (χ3n) is 6.21. The van der Waals surface area contributed by atoms with Gasteiger partial charge in [0, 0.05) is 37.6 Å². The number of amides is 1. The lowest BCUT2D eigenvalue weighted by atomic mass is 9.99. The van der Waals surface area contributed by atoms with Crippen LogP contribution in [0.25, 0.3) is 0 Å². The molecule has 0 radical (unpaired) electrons. The highest BCUT2D eigenvalue weighted by Crippen LogP contribution is 2.31. The maximum absolute atomic E-state index is 12.6. The van der Waals surface area contributed by atoms with Crippen LogP contribution in [-0.4, -0.2) is 49.7 Å². The van der Waals surface area contributed by atoms with Gasteiger partial charge in [0.1, 0.15) is 5.75 Å². The number of hydrogen-bond acceptors (Lipinski definition) is 7. The summed E-state index contributed by atoms with van der Waals surface area (Å²) < 4.78 is 16.6. The van der Waals surface area contributed by atoms with Gasteiger partial charge in [-0.3, -0.25) is 4.79 Å². The number of nitrogens with zero attached hydrogens (tertiary/aromatic N) is 3. The molecule has 1 aromatic heterocycles. The Balaban J connectivity index is 1.33. The van der Waals surface area contributed by atoms with Crippen molar-refractivity contribution >= 4 is 11.7 Å². The second-order valence-electron chi connectivity index (χ2n) is 8.68. The molecular formula is C27H32N4O4. The Labute approximate surface area is 206 Å². The molecule has 8 nitrogen and oxygen atoms in total. The largest absolute Gasteiger partial charge is 0.493 e. The zero-order valence-corrected chi connectivity index (χ0v) is 20.5. The summed E-state index contributed by atoms with van der Waals surface area (Å²) in [6, 6.07) is 12.8. The first-order chi connectivity index (χ1) is 17.1. The van der Waals surface area contributed by atoms with Crippen molar-refractivity contribution in [3.05, 3.63) is 66.0 Å². The Bertz CT molecular complexity index is 1130. The van der Waals surface area contributed by atoms with Gasteiger partial charge in [-0.15, -0.1) is 0 Å². The van der Waals surface area contributed by atoms with E-state index in [-0.39, 0.29) is 5.91 Å². The van der Waals surface area contributed by atoms with Gasteiger partial charge in [0.05, 0.1) is 14.2 Å². The molecular weight excluding hydrogens is 444 g/mol. The third-order valence-corrected chi connectivity index (χ3v) is 6.21. The summed E-state index contributed by atoms with van der Waals surface area (Å²) in [4.78, 5) is 23.7. The molecule has 1 amide bonds. The summed E-state index contributed by atoms with van der Waals surface area (Å²) in [7, 11) is 3.21. The molecule has 1 aliphatic heterocycles. The lowest BCUT2D eigenvalue weighted by molar-refractivity contribution is 0.0954. The molecule has 1 saturated heterocycles. The molecule has 0 aliphatic carbocycles. The molecule has 1 fully saturated rings. The zero-order valence-electron chi connectivity index (χ0n) is 20.5. The van der Waals surface area contributed by atoms with Crippen molar-refractivity contribution in [2.75, 3.05) is 38.8 Å². The fraction of sp³-hybridized carbons (Fsp3) is 0.370. The van der Waals surface area contributed by atoms with Crippen LogP contribution in [0.5, 0.6) is 23.1 Å². The fourth-order valence-corrected chi connectivity index (χ4v) is 4.07. The van der Waals surface area contributed by atoms with E-state index in [0.29, 0.717) is 41.7 Å². The van der Waals surface area contributed by atoms with E-state index in [1.807, 2.05) is 18.2 Å². The minimum Gasteiger partial charge on any atom is -0.493 e. The second-order valence-corrected chi connectivity index (χ2v) is 8.68. The standard InChI is InChI=1S/C27H32N4O4/c1-19-11-16-31(17-12-19)25-27(30-15-14-28-25)35-22-7-5-21(6-8-22)26(32)29-13-10-20-4-9-23(33-2)24(18-20)34-3/h4-9,14-15,18-19H,10-13,16-17H2,1-3H3,(H,29,32). The maximum Gasteiger partial charge on any atom is 0.263 e. The van der Waals surface area contributed by atoms with Gasteiger partial charge >= 0.3 is 0 Å². The number of hydrogen-bond donors (Lipinski definition) is 1. The Kier molecular flexibility index (Phi) is 8.03. The number of carbonyl (C=O) groups excluding carboxylic acids is 1. The number of ether oxygens (including phenoxy) is 3. The zero-order chi connectivity index (χ0) is 24.6. The summed E-state index contributed by atoms with van der Waals surface area (Å²) >= 11 is 0. The van der Waals surface area contributed by atoms with Gasteiger partial charge in [0.25, 0.3) is 11.8 Å². The molecule has 0 spiro atoms. The molecule has 0 atom stereocenters. The molecule has 3 aromatic rings. The second kappa shape index (κ2) is 11.6. The van der Waals surface area contributed by atoms with Crippen LogP contribution in [0.3, 0.4) is 0 Å². The smallest absolute Gasteiger partial charge is 0.263 e. The van der Waals surface area contributed by atoms with Gasteiger partial charge < -0.3 is 24.4 Å². The van der Waals surface area contributed by atoms with Gasteiger partial charge in [0.15, 0.2) is 17.3 Å². The van der Waals surface area contributed by atoms with E-state index in [1.54, 1.807) is 50.9 Å². The van der Waals surface area contributed by atoms with Crippen molar-refractivity contribution in [2.24, 2.45) is 5.92 Å². The van der Waals surface area contributed by atoms with Crippen molar-refractivity contribution in [1.82, 2.24) is 15.3 Å². The predicted octanol–water partition coefficient (Wildman–Crippen LogP) is 4.49. The molecule has 1 N–H and O–H groups in total. The van der Waals surface area contributed by atoms with Gasteiger partial charge in [0.2, 0.25) is 0 Å². The van der Waals surface area contributed by atoms with Crippen molar-refractivity contribution in [3.8, 4) is 23.1 Å². The highest BCUT2D eigenvalue weighted by atomic mass is 16.5. The average molecular weight is 477 g/mol. The minimum absolute atomic E-state index is 0.139. The first kappa shape index (κ1) is 24.3. The van der Waals surface area contributed by atoms with Gasteiger partial charge in [-0.1, -0.05) is 13.0 Å². The van der Waals surface area contributed by atoms with Crippen LogP contribution in [0.2, 0.25) is 0 Å². The number of carbonyl (C=O) groups is 1. The SMILES string of the molecule is COc1ccc(CCNC(=O)c2ccc(Oc3nccnc3N3CCC(C)CC3)cc2)cc1OC. The Hall–Kier alpha value is -3.81. The van der Waals surface area contributed by atoms with Gasteiger partial charge in [-0.25, -0.2) is 9.97 Å². The topological polar surface area (TPSA) is 85.8 Å². The number of piperidine rings is 1. The molecule has 0 unspecified atom stereocenters. The molecule has 1 aliphatic rings. The number of benzene rings is 2. The van der Waals surface area contributed by atoms with Crippen LogP contribution >= 0.6 is 0 Å². The van der Waals surface area contributed by atoms with Crippen molar-refractivity contribution in [2.45, 2.75) is 26.2 Å². The van der Waals surface area contributed by atoms with Crippen molar-refractivity contribution < 1.29 is 19.0 Å². The predicted molar refractivity (Wildman–Crippen MR) is 135 cm³/mol. The molecule has 4 rings (SSSR count). The molecule has 184 valence electrons. The molecule has 0 bridgehead atoms. The Morgan fingerprint density at radius 3 is 2.43 bits per heavy atom.